The van der Waals surface area contributed by atoms with E-state index in [1.54, 1.807) is 25.8 Å². The van der Waals surface area contributed by atoms with Gasteiger partial charge < -0.3 is 9.72 Å². The molecule has 0 aliphatic carbocycles. The number of Topliss-reactive ketones (excluding diaryl/α,β-unsaturated/α-hetero) is 1. The highest BCUT2D eigenvalue weighted by Crippen LogP contribution is 2.19. The van der Waals surface area contributed by atoms with E-state index < -0.39 is 5.97 Å². The Morgan fingerprint density at radius 3 is 2.60 bits per heavy atom. The molecule has 1 heterocycles. The molecule has 1 aromatic rings. The number of nitrogens with one attached hydrogen (secondary N) is 1. The van der Waals surface area contributed by atoms with Crippen molar-refractivity contribution in [1.29, 1.82) is 5.26 Å². The van der Waals surface area contributed by atoms with Crippen molar-refractivity contribution in [3.63, 3.8) is 0 Å². The molecule has 1 rings (SSSR count). The molecular formula is C14H19N3O3. The molecule has 6 nitrogen and oxygen atoms in total. The Kier molecular flexibility index (Phi) is 5.47. The number of esters is 1. The van der Waals surface area contributed by atoms with Gasteiger partial charge in [0.05, 0.1) is 31.0 Å². The van der Waals surface area contributed by atoms with Gasteiger partial charge in [-0.2, -0.15) is 5.26 Å². The molecule has 0 spiro atoms. The van der Waals surface area contributed by atoms with Crippen LogP contribution in [0.15, 0.2) is 0 Å². The molecule has 0 saturated carbocycles. The lowest BCUT2D eigenvalue weighted by Gasteiger charge is -2.13. The molecule has 6 heteroatoms. The summed E-state index contributed by atoms with van der Waals surface area (Å²) in [6, 6.07) is 2.04. The van der Waals surface area contributed by atoms with E-state index in [0.29, 0.717) is 35.5 Å². The monoisotopic (exact) mass is 277 g/mol. The van der Waals surface area contributed by atoms with Crippen LogP contribution in [-0.2, 0) is 4.74 Å². The summed E-state index contributed by atoms with van der Waals surface area (Å²) in [4.78, 5) is 28.6. The van der Waals surface area contributed by atoms with Crippen molar-refractivity contribution in [2.45, 2.75) is 20.3 Å². The van der Waals surface area contributed by atoms with E-state index >= 15 is 0 Å². The minimum atomic E-state index is -0.451. The molecule has 0 radical (unpaired) electrons. The molecule has 0 aliphatic rings. The van der Waals surface area contributed by atoms with Gasteiger partial charge in [-0.1, -0.05) is 0 Å². The molecular weight excluding hydrogens is 258 g/mol. The highest BCUT2D eigenvalue weighted by molar-refractivity contribution is 6.02. The van der Waals surface area contributed by atoms with E-state index in [2.05, 4.69) is 4.98 Å². The number of aryl methyl sites for hydroxylation is 1. The molecule has 0 bridgehead atoms. The fourth-order valence-corrected chi connectivity index (χ4v) is 2.08. The van der Waals surface area contributed by atoms with Crippen molar-refractivity contribution >= 4 is 11.8 Å². The topological polar surface area (TPSA) is 86.2 Å². The summed E-state index contributed by atoms with van der Waals surface area (Å²) in [6.45, 7) is 4.18. The third-order valence-corrected chi connectivity index (χ3v) is 3.12. The fourth-order valence-electron chi connectivity index (χ4n) is 2.08. The minimum Gasteiger partial charge on any atom is -0.465 e. The molecule has 0 saturated heterocycles. The van der Waals surface area contributed by atoms with Crippen LogP contribution in [0.2, 0.25) is 0 Å². The Balaban J connectivity index is 2.90. The molecule has 0 amide bonds. The SMILES string of the molecule is COC(=O)c1c(C)[nH]c(C(=O)CN(C)CCC#N)c1C. The highest BCUT2D eigenvalue weighted by Gasteiger charge is 2.22. The Labute approximate surface area is 118 Å². The smallest absolute Gasteiger partial charge is 0.339 e. The van der Waals surface area contributed by atoms with E-state index in [-0.39, 0.29) is 12.3 Å². The number of H-pyrrole nitrogens is 1. The van der Waals surface area contributed by atoms with Crippen LogP contribution in [0.25, 0.3) is 0 Å². The zero-order valence-corrected chi connectivity index (χ0v) is 12.2. The Morgan fingerprint density at radius 2 is 2.05 bits per heavy atom. The molecule has 0 fully saturated rings. The average Bonchev–Trinajstić information content (AvgIpc) is 2.71. The van der Waals surface area contributed by atoms with Gasteiger partial charge in [0, 0.05) is 18.7 Å². The number of carbonyl (C=O) groups excluding carboxylic acids is 2. The first-order chi connectivity index (χ1) is 9.42. The van der Waals surface area contributed by atoms with Crippen LogP contribution in [0.3, 0.4) is 0 Å². The maximum absolute atomic E-state index is 12.2. The summed E-state index contributed by atoms with van der Waals surface area (Å²) in [7, 11) is 3.09. The molecule has 20 heavy (non-hydrogen) atoms. The highest BCUT2D eigenvalue weighted by atomic mass is 16.5. The van der Waals surface area contributed by atoms with Crippen molar-refractivity contribution in [2.24, 2.45) is 0 Å². The predicted octanol–water partition coefficient (Wildman–Crippen LogP) is 1.45. The summed E-state index contributed by atoms with van der Waals surface area (Å²) < 4.78 is 4.71. The van der Waals surface area contributed by atoms with Gasteiger partial charge in [-0.15, -0.1) is 0 Å². The van der Waals surface area contributed by atoms with Crippen LogP contribution in [-0.4, -0.2) is 48.9 Å². The first-order valence-corrected chi connectivity index (χ1v) is 6.28. The molecule has 1 aromatic heterocycles. The first kappa shape index (κ1) is 15.9. The zero-order chi connectivity index (χ0) is 15.3. The van der Waals surface area contributed by atoms with E-state index in [4.69, 9.17) is 10.00 Å². The third-order valence-electron chi connectivity index (χ3n) is 3.12. The van der Waals surface area contributed by atoms with Gasteiger partial charge in [0.2, 0.25) is 0 Å². The molecule has 0 unspecified atom stereocenters. The molecule has 0 aliphatic heterocycles. The molecule has 1 N–H and O–H groups in total. The van der Waals surface area contributed by atoms with E-state index in [1.807, 2.05) is 6.07 Å². The number of nitriles is 1. The number of methoxy groups -OCH3 is 1. The maximum atomic E-state index is 12.2. The summed E-state index contributed by atoms with van der Waals surface area (Å²) in [5.41, 5.74) is 2.06. The third kappa shape index (κ3) is 3.45. The van der Waals surface area contributed by atoms with Crippen molar-refractivity contribution in [2.75, 3.05) is 27.2 Å². The minimum absolute atomic E-state index is 0.110. The van der Waals surface area contributed by atoms with Crippen LogP contribution >= 0.6 is 0 Å². The van der Waals surface area contributed by atoms with Gasteiger partial charge in [-0.3, -0.25) is 9.69 Å². The predicted molar refractivity (Wildman–Crippen MR) is 73.7 cm³/mol. The molecule has 108 valence electrons. The largest absolute Gasteiger partial charge is 0.465 e. The van der Waals surface area contributed by atoms with Crippen molar-refractivity contribution < 1.29 is 14.3 Å². The Morgan fingerprint density at radius 1 is 1.40 bits per heavy atom. The number of ketones is 1. The summed E-state index contributed by atoms with van der Waals surface area (Å²) in [6.07, 6.45) is 0.375. The number of aromatic nitrogens is 1. The standard InChI is InChI=1S/C14H19N3O3/c1-9-12(14(19)20-4)10(2)16-13(9)11(18)8-17(3)7-5-6-15/h16H,5,7-8H2,1-4H3. The normalized spacial score (nSPS) is 10.4. The maximum Gasteiger partial charge on any atom is 0.339 e. The lowest BCUT2D eigenvalue weighted by molar-refractivity contribution is 0.0599. The molecule has 0 aromatic carbocycles. The van der Waals surface area contributed by atoms with Gasteiger partial charge in [0.1, 0.15) is 0 Å². The first-order valence-electron chi connectivity index (χ1n) is 6.28. The second-order valence-corrected chi connectivity index (χ2v) is 4.69. The van der Waals surface area contributed by atoms with Crippen molar-refractivity contribution in [1.82, 2.24) is 9.88 Å². The molecule has 0 atom stereocenters. The Bertz CT molecular complexity index is 555. The van der Waals surface area contributed by atoms with Crippen LogP contribution < -0.4 is 0 Å². The van der Waals surface area contributed by atoms with Gasteiger partial charge in [-0.25, -0.2) is 4.79 Å². The number of nitrogens with zero attached hydrogens (tertiary/aromatic N) is 2. The Hall–Kier alpha value is -2.13. The van der Waals surface area contributed by atoms with Crippen LogP contribution in [0.5, 0.6) is 0 Å². The van der Waals surface area contributed by atoms with E-state index in [9.17, 15) is 9.59 Å². The quantitative estimate of drug-likeness (QED) is 0.628. The van der Waals surface area contributed by atoms with Crippen LogP contribution in [0.4, 0.5) is 0 Å². The number of carbonyl (C=O) groups is 2. The van der Waals surface area contributed by atoms with E-state index in [0.717, 1.165) is 0 Å². The van der Waals surface area contributed by atoms with Gasteiger partial charge >= 0.3 is 5.97 Å². The van der Waals surface area contributed by atoms with Gasteiger partial charge in [-0.05, 0) is 26.5 Å². The van der Waals surface area contributed by atoms with E-state index in [1.165, 1.54) is 7.11 Å². The number of rotatable bonds is 6. The second-order valence-electron chi connectivity index (χ2n) is 4.69. The number of ether oxygens (including phenoxy) is 1. The summed E-state index contributed by atoms with van der Waals surface area (Å²) in [5, 5.41) is 8.52. The average molecular weight is 277 g/mol. The lowest BCUT2D eigenvalue weighted by Crippen LogP contribution is -2.27. The van der Waals surface area contributed by atoms with Crippen LogP contribution in [0.1, 0.15) is 38.5 Å². The second kappa shape index (κ2) is 6.87. The van der Waals surface area contributed by atoms with Crippen molar-refractivity contribution in [3.05, 3.63) is 22.5 Å². The summed E-state index contributed by atoms with van der Waals surface area (Å²) in [5.74, 6) is -0.561. The van der Waals surface area contributed by atoms with Gasteiger partial charge in [0.25, 0.3) is 0 Å². The number of aromatic amines is 1. The number of hydrogen-bond donors (Lipinski definition) is 1. The fraction of sp³-hybridized carbons (Fsp3) is 0.500. The van der Waals surface area contributed by atoms with Gasteiger partial charge in [0.15, 0.2) is 5.78 Å². The lowest BCUT2D eigenvalue weighted by atomic mass is 10.1. The number of likely N-dealkylation sites (N-methyl/N-ethyl adjacent to an activating group) is 1. The number of hydrogen-bond acceptors (Lipinski definition) is 5. The zero-order valence-electron chi connectivity index (χ0n) is 12.2. The van der Waals surface area contributed by atoms with Crippen molar-refractivity contribution in [3.8, 4) is 6.07 Å². The van der Waals surface area contributed by atoms with Crippen LogP contribution in [0, 0.1) is 25.2 Å². The summed E-state index contributed by atoms with van der Waals surface area (Å²) >= 11 is 0.